The van der Waals surface area contributed by atoms with Gasteiger partial charge in [-0.15, -0.1) is 11.3 Å². The van der Waals surface area contributed by atoms with Gasteiger partial charge in [-0.2, -0.15) is 0 Å². The second-order valence-corrected chi connectivity index (χ2v) is 9.88. The Morgan fingerprint density at radius 3 is 2.56 bits per heavy atom. The first-order valence-electron chi connectivity index (χ1n) is 12.1. The molecule has 3 aromatic rings. The smallest absolute Gasteiger partial charge is 0.290 e. The lowest BCUT2D eigenvalue weighted by atomic mass is 9.95. The van der Waals surface area contributed by atoms with E-state index in [2.05, 4.69) is 14.9 Å². The summed E-state index contributed by atoms with van der Waals surface area (Å²) in [5.41, 5.74) is 2.34. The van der Waals surface area contributed by atoms with Crippen molar-refractivity contribution >= 4 is 23.0 Å². The second-order valence-electron chi connectivity index (χ2n) is 8.88. The fourth-order valence-corrected chi connectivity index (χ4v) is 5.76. The van der Waals surface area contributed by atoms with Gasteiger partial charge in [-0.1, -0.05) is 30.3 Å². The molecule has 0 spiro atoms. The third-order valence-corrected chi connectivity index (χ3v) is 7.78. The highest BCUT2D eigenvalue weighted by atomic mass is 32.1. The molecule has 2 aliphatic heterocycles. The third kappa shape index (κ3) is 4.82. The van der Waals surface area contributed by atoms with Crippen LogP contribution >= 0.6 is 11.3 Å². The number of rotatable bonds is 8. The molecule has 1 amide bonds. The van der Waals surface area contributed by atoms with Crippen LogP contribution in [0.15, 0.2) is 66.2 Å². The SMILES string of the molecule is Cc1nc(-c2ccccc2)sc1C(=O)C1=C(O)C(=O)N(CCCN2CCOCC2)C1c1ccncc1. The lowest BCUT2D eigenvalue weighted by Crippen LogP contribution is -2.39. The molecule has 0 aliphatic carbocycles. The molecule has 1 N–H and O–H groups in total. The molecule has 36 heavy (non-hydrogen) atoms. The number of aromatic nitrogens is 2. The topological polar surface area (TPSA) is 95.9 Å². The van der Waals surface area contributed by atoms with E-state index in [1.54, 1.807) is 36.4 Å². The fourth-order valence-electron chi connectivity index (χ4n) is 4.73. The maximum atomic E-state index is 13.9. The lowest BCUT2D eigenvalue weighted by Gasteiger charge is -2.29. The quantitative estimate of drug-likeness (QED) is 0.466. The summed E-state index contributed by atoms with van der Waals surface area (Å²) in [7, 11) is 0. The van der Waals surface area contributed by atoms with Gasteiger partial charge in [0.25, 0.3) is 5.91 Å². The Bertz CT molecular complexity index is 1270. The zero-order valence-electron chi connectivity index (χ0n) is 20.1. The molecule has 1 atom stereocenters. The minimum absolute atomic E-state index is 0.101. The van der Waals surface area contributed by atoms with Crippen LogP contribution < -0.4 is 0 Å². The van der Waals surface area contributed by atoms with E-state index in [9.17, 15) is 14.7 Å². The number of benzene rings is 1. The van der Waals surface area contributed by atoms with E-state index in [0.717, 1.165) is 42.2 Å². The van der Waals surface area contributed by atoms with E-state index in [-0.39, 0.29) is 11.4 Å². The molecule has 8 nitrogen and oxygen atoms in total. The third-order valence-electron chi connectivity index (χ3n) is 6.57. The molecule has 0 saturated carbocycles. The Kier molecular flexibility index (Phi) is 7.22. The van der Waals surface area contributed by atoms with E-state index in [1.807, 2.05) is 30.3 Å². The Hall–Kier alpha value is -3.40. The zero-order valence-corrected chi connectivity index (χ0v) is 20.9. The maximum absolute atomic E-state index is 13.9. The van der Waals surface area contributed by atoms with Crippen molar-refractivity contribution in [3.8, 4) is 10.6 Å². The molecule has 1 saturated heterocycles. The summed E-state index contributed by atoms with van der Waals surface area (Å²) in [6.07, 6.45) is 3.99. The number of hydrogen-bond acceptors (Lipinski definition) is 8. The predicted molar refractivity (Wildman–Crippen MR) is 137 cm³/mol. The van der Waals surface area contributed by atoms with Gasteiger partial charge in [0, 0.05) is 44.1 Å². The number of carbonyl (C=O) groups excluding carboxylic acids is 2. The van der Waals surface area contributed by atoms with E-state index in [4.69, 9.17) is 4.74 Å². The Labute approximate surface area is 213 Å². The van der Waals surface area contributed by atoms with Crippen LogP contribution in [-0.4, -0.2) is 76.0 Å². The first-order chi connectivity index (χ1) is 17.5. The standard InChI is InChI=1S/C27H28N4O4S/c1-18-25(36-26(29-18)20-6-3-2-4-7-20)23(32)21-22(19-8-10-28-11-9-19)31(27(34)24(21)33)13-5-12-30-14-16-35-17-15-30/h2-4,6-11,22,33H,5,12-17H2,1H3. The number of pyridine rings is 1. The number of carbonyl (C=O) groups is 2. The molecular formula is C27H28N4O4S. The second kappa shape index (κ2) is 10.7. The summed E-state index contributed by atoms with van der Waals surface area (Å²) in [6, 6.07) is 12.5. The molecule has 1 fully saturated rings. The summed E-state index contributed by atoms with van der Waals surface area (Å²) >= 11 is 1.28. The van der Waals surface area contributed by atoms with Crippen molar-refractivity contribution < 1.29 is 19.4 Å². The van der Waals surface area contributed by atoms with Crippen LogP contribution in [0.3, 0.4) is 0 Å². The summed E-state index contributed by atoms with van der Waals surface area (Å²) in [6.45, 7) is 6.17. The Morgan fingerprint density at radius 2 is 1.83 bits per heavy atom. The monoisotopic (exact) mass is 504 g/mol. The average molecular weight is 505 g/mol. The van der Waals surface area contributed by atoms with Crippen molar-refractivity contribution in [1.29, 1.82) is 0 Å². The highest BCUT2D eigenvalue weighted by Gasteiger charge is 2.44. The number of aliphatic hydroxyl groups excluding tert-OH is 1. The maximum Gasteiger partial charge on any atom is 0.290 e. The molecule has 1 aromatic carbocycles. The number of amides is 1. The zero-order chi connectivity index (χ0) is 25.1. The van der Waals surface area contributed by atoms with Crippen LogP contribution in [0.25, 0.3) is 10.6 Å². The number of morpholine rings is 1. The Balaban J connectivity index is 1.44. The van der Waals surface area contributed by atoms with Crippen molar-refractivity contribution in [2.75, 3.05) is 39.4 Å². The molecule has 2 aromatic heterocycles. The van der Waals surface area contributed by atoms with Crippen molar-refractivity contribution in [1.82, 2.24) is 19.8 Å². The van der Waals surface area contributed by atoms with Gasteiger partial charge in [-0.05, 0) is 31.0 Å². The predicted octanol–water partition coefficient (Wildman–Crippen LogP) is 3.81. The van der Waals surface area contributed by atoms with Crippen LogP contribution in [0.5, 0.6) is 0 Å². The van der Waals surface area contributed by atoms with Crippen molar-refractivity contribution in [2.45, 2.75) is 19.4 Å². The number of Topliss-reactive ketones (excluding diaryl/α,β-unsaturated/α-hetero) is 1. The highest BCUT2D eigenvalue weighted by molar-refractivity contribution is 7.17. The summed E-state index contributed by atoms with van der Waals surface area (Å²) in [5, 5.41) is 11.7. The molecule has 186 valence electrons. The van der Waals surface area contributed by atoms with Gasteiger partial charge in [-0.3, -0.25) is 19.5 Å². The molecule has 9 heteroatoms. The number of aliphatic hydroxyl groups is 1. The first kappa shape index (κ1) is 24.3. The largest absolute Gasteiger partial charge is 0.503 e. The van der Waals surface area contributed by atoms with Gasteiger partial charge in [-0.25, -0.2) is 4.98 Å². The summed E-state index contributed by atoms with van der Waals surface area (Å²) in [4.78, 5) is 40.1. The van der Waals surface area contributed by atoms with Gasteiger partial charge in [0.05, 0.1) is 35.4 Å². The molecule has 5 rings (SSSR count). The van der Waals surface area contributed by atoms with Crippen molar-refractivity contribution in [3.63, 3.8) is 0 Å². The Morgan fingerprint density at radius 1 is 1.11 bits per heavy atom. The van der Waals surface area contributed by atoms with Gasteiger partial charge in [0.2, 0.25) is 5.78 Å². The molecule has 4 heterocycles. The van der Waals surface area contributed by atoms with E-state index < -0.39 is 17.7 Å². The highest BCUT2D eigenvalue weighted by Crippen LogP contribution is 2.40. The number of nitrogens with zero attached hydrogens (tertiary/aromatic N) is 4. The minimum atomic E-state index is -0.681. The van der Waals surface area contributed by atoms with Crippen molar-refractivity contribution in [3.05, 3.63) is 82.3 Å². The fraction of sp³-hybridized carbons (Fsp3) is 0.333. The van der Waals surface area contributed by atoms with Crippen LogP contribution in [0.4, 0.5) is 0 Å². The summed E-state index contributed by atoms with van der Waals surface area (Å²) in [5.74, 6) is -1.37. The van der Waals surface area contributed by atoms with Gasteiger partial charge in [0.1, 0.15) is 5.01 Å². The van der Waals surface area contributed by atoms with Crippen LogP contribution in [0.1, 0.15) is 33.4 Å². The van der Waals surface area contributed by atoms with Crippen LogP contribution in [-0.2, 0) is 9.53 Å². The first-order valence-corrected chi connectivity index (χ1v) is 12.9. The van der Waals surface area contributed by atoms with E-state index in [0.29, 0.717) is 30.3 Å². The number of aryl methyl sites for hydroxylation is 1. The number of thiazole rings is 1. The van der Waals surface area contributed by atoms with Gasteiger partial charge < -0.3 is 14.7 Å². The van der Waals surface area contributed by atoms with Crippen molar-refractivity contribution in [2.24, 2.45) is 0 Å². The van der Waals surface area contributed by atoms with E-state index in [1.165, 1.54) is 11.3 Å². The number of hydrogen-bond donors (Lipinski definition) is 1. The average Bonchev–Trinajstić information content (AvgIpc) is 3.43. The molecule has 0 bridgehead atoms. The normalized spacial score (nSPS) is 18.8. The summed E-state index contributed by atoms with van der Waals surface area (Å²) < 4.78 is 5.41. The lowest BCUT2D eigenvalue weighted by molar-refractivity contribution is -0.129. The van der Waals surface area contributed by atoms with Crippen LogP contribution in [0.2, 0.25) is 0 Å². The molecule has 1 unspecified atom stereocenters. The molecule has 2 aliphatic rings. The molecule has 0 radical (unpaired) electrons. The number of ether oxygens (including phenoxy) is 1. The van der Waals surface area contributed by atoms with Crippen LogP contribution in [0, 0.1) is 6.92 Å². The van der Waals surface area contributed by atoms with Gasteiger partial charge in [0.15, 0.2) is 5.76 Å². The minimum Gasteiger partial charge on any atom is -0.503 e. The van der Waals surface area contributed by atoms with Gasteiger partial charge >= 0.3 is 0 Å². The van der Waals surface area contributed by atoms with E-state index >= 15 is 0 Å². The number of ketones is 1. The molecular weight excluding hydrogens is 476 g/mol.